The number of rotatable bonds is 6. The summed E-state index contributed by atoms with van der Waals surface area (Å²) in [7, 11) is -1.32. The summed E-state index contributed by atoms with van der Waals surface area (Å²) in [4.78, 5) is 25.0. The average molecular weight is 370 g/mol. The van der Waals surface area contributed by atoms with Gasteiger partial charge in [0, 0.05) is 11.4 Å². The molecule has 0 aliphatic heterocycles. The van der Waals surface area contributed by atoms with Crippen LogP contribution in [0.15, 0.2) is 53.4 Å². The van der Waals surface area contributed by atoms with Crippen molar-refractivity contribution in [1.82, 2.24) is 0 Å². The molecule has 0 saturated heterocycles. The van der Waals surface area contributed by atoms with Gasteiger partial charge < -0.3 is 10.1 Å². The van der Waals surface area contributed by atoms with E-state index in [-0.39, 0.29) is 5.56 Å². The average Bonchev–Trinajstić information content (AvgIpc) is 2.67. The molecule has 0 aliphatic carbocycles. The first kappa shape index (κ1) is 19.3. The van der Waals surface area contributed by atoms with Crippen molar-refractivity contribution in [2.24, 2.45) is 0 Å². The maximum atomic E-state index is 12.4. The second-order valence-corrected chi connectivity index (χ2v) is 7.07. The van der Waals surface area contributed by atoms with E-state index < -0.39 is 28.8 Å². The minimum atomic E-state index is -1.32. The van der Waals surface area contributed by atoms with Crippen molar-refractivity contribution < 1.29 is 18.5 Å². The van der Waals surface area contributed by atoms with Gasteiger partial charge in [0.05, 0.1) is 32.9 Å². The second-order valence-electron chi connectivity index (χ2n) is 5.36. The Morgan fingerprint density at radius 2 is 1.96 bits per heavy atom. The first-order valence-electron chi connectivity index (χ1n) is 7.95. The fourth-order valence-electron chi connectivity index (χ4n) is 2.18. The van der Waals surface area contributed by atoms with Crippen LogP contribution >= 0.6 is 0 Å². The molecule has 0 aromatic heterocycles. The number of carbonyl (C=O) groups excluding carboxylic acids is 2. The van der Waals surface area contributed by atoms with Gasteiger partial charge in [0.25, 0.3) is 5.91 Å². The lowest BCUT2D eigenvalue weighted by atomic mass is 10.2. The molecule has 1 N–H and O–H groups in total. The van der Waals surface area contributed by atoms with Gasteiger partial charge in [0.1, 0.15) is 0 Å². The molecular weight excluding hydrogens is 352 g/mol. The van der Waals surface area contributed by atoms with E-state index in [0.29, 0.717) is 21.9 Å². The molecule has 2 aromatic rings. The van der Waals surface area contributed by atoms with Crippen LogP contribution in [-0.2, 0) is 20.3 Å². The zero-order valence-electron chi connectivity index (χ0n) is 14.4. The third-order valence-electron chi connectivity index (χ3n) is 3.53. The smallest absolute Gasteiger partial charge is 0.340 e. The first-order chi connectivity index (χ1) is 12.5. The predicted octanol–water partition coefficient (Wildman–Crippen LogP) is 2.87. The van der Waals surface area contributed by atoms with Crippen LogP contribution in [-0.4, -0.2) is 27.9 Å². The SMILES string of the molecule is CC[S@@](=O)c1ccccc1C(=O)O[C@@H](C)C(=O)Nc1cccc(C#N)c1. The van der Waals surface area contributed by atoms with Crippen LogP contribution in [0.3, 0.4) is 0 Å². The number of carbonyl (C=O) groups is 2. The molecule has 26 heavy (non-hydrogen) atoms. The maximum Gasteiger partial charge on any atom is 0.340 e. The number of nitrogens with one attached hydrogen (secondary N) is 1. The molecule has 0 bridgehead atoms. The molecule has 134 valence electrons. The number of esters is 1. The summed E-state index contributed by atoms with van der Waals surface area (Å²) >= 11 is 0. The maximum absolute atomic E-state index is 12.4. The summed E-state index contributed by atoms with van der Waals surface area (Å²) in [6, 6.07) is 14.8. The molecule has 2 aromatic carbocycles. The Morgan fingerprint density at radius 1 is 1.23 bits per heavy atom. The van der Waals surface area contributed by atoms with Crippen LogP contribution in [0, 0.1) is 11.3 Å². The second kappa shape index (κ2) is 8.92. The largest absolute Gasteiger partial charge is 0.449 e. The van der Waals surface area contributed by atoms with E-state index in [0.717, 1.165) is 0 Å². The number of amides is 1. The molecule has 0 fully saturated rings. The summed E-state index contributed by atoms with van der Waals surface area (Å²) in [5, 5.41) is 11.5. The summed E-state index contributed by atoms with van der Waals surface area (Å²) in [6.45, 7) is 3.20. The fourth-order valence-corrected chi connectivity index (χ4v) is 3.12. The molecule has 7 heteroatoms. The van der Waals surface area contributed by atoms with Crippen LogP contribution in [0.4, 0.5) is 5.69 Å². The molecule has 2 atom stereocenters. The van der Waals surface area contributed by atoms with Crippen molar-refractivity contribution in [3.63, 3.8) is 0 Å². The van der Waals surface area contributed by atoms with Gasteiger partial charge in [-0.3, -0.25) is 9.00 Å². The van der Waals surface area contributed by atoms with Gasteiger partial charge in [-0.1, -0.05) is 25.1 Å². The van der Waals surface area contributed by atoms with Crippen molar-refractivity contribution in [2.75, 3.05) is 11.1 Å². The molecule has 1 amide bonds. The zero-order valence-corrected chi connectivity index (χ0v) is 15.2. The molecule has 6 nitrogen and oxygen atoms in total. The molecule has 0 spiro atoms. The van der Waals surface area contributed by atoms with Gasteiger partial charge in [0.15, 0.2) is 6.10 Å². The Labute approximate surface area is 154 Å². The molecule has 0 radical (unpaired) electrons. The van der Waals surface area contributed by atoms with Crippen molar-refractivity contribution in [3.8, 4) is 6.07 Å². The number of ether oxygens (including phenoxy) is 1. The van der Waals surface area contributed by atoms with Crippen LogP contribution < -0.4 is 5.32 Å². The zero-order chi connectivity index (χ0) is 19.1. The van der Waals surface area contributed by atoms with Crippen LogP contribution in [0.2, 0.25) is 0 Å². The van der Waals surface area contributed by atoms with Gasteiger partial charge >= 0.3 is 5.97 Å². The molecule has 2 rings (SSSR count). The number of anilines is 1. The summed E-state index contributed by atoms with van der Waals surface area (Å²) in [5.41, 5.74) is 1.02. The van der Waals surface area contributed by atoms with E-state index in [1.54, 1.807) is 43.3 Å². The third kappa shape index (κ3) is 4.77. The third-order valence-corrected chi connectivity index (χ3v) is 4.90. The molecule has 0 aliphatic rings. The topological polar surface area (TPSA) is 96.3 Å². The highest BCUT2D eigenvalue weighted by atomic mass is 32.2. The van der Waals surface area contributed by atoms with Gasteiger partial charge in [-0.05, 0) is 37.3 Å². The summed E-state index contributed by atoms with van der Waals surface area (Å²) in [6.07, 6.45) is -1.06. The molecule has 0 unspecified atom stereocenters. The molecule has 0 heterocycles. The minimum Gasteiger partial charge on any atom is -0.449 e. The fraction of sp³-hybridized carbons (Fsp3) is 0.211. The van der Waals surface area contributed by atoms with Crippen molar-refractivity contribution in [3.05, 3.63) is 59.7 Å². The van der Waals surface area contributed by atoms with E-state index in [1.165, 1.54) is 19.1 Å². The lowest BCUT2D eigenvalue weighted by molar-refractivity contribution is -0.123. The number of nitriles is 1. The Kier molecular flexibility index (Phi) is 6.64. The van der Waals surface area contributed by atoms with Gasteiger partial charge in [-0.25, -0.2) is 4.79 Å². The number of hydrogen-bond acceptors (Lipinski definition) is 5. The van der Waals surface area contributed by atoms with E-state index >= 15 is 0 Å². The van der Waals surface area contributed by atoms with E-state index in [2.05, 4.69) is 5.32 Å². The van der Waals surface area contributed by atoms with Gasteiger partial charge in [0.2, 0.25) is 0 Å². The summed E-state index contributed by atoms with van der Waals surface area (Å²) < 4.78 is 17.3. The lowest BCUT2D eigenvalue weighted by Gasteiger charge is -2.15. The predicted molar refractivity (Wildman–Crippen MR) is 98.1 cm³/mol. The highest BCUT2D eigenvalue weighted by molar-refractivity contribution is 7.85. The van der Waals surface area contributed by atoms with Crippen molar-refractivity contribution in [1.29, 1.82) is 5.26 Å². The normalized spacial score (nSPS) is 12.5. The van der Waals surface area contributed by atoms with Crippen LogP contribution in [0.5, 0.6) is 0 Å². The van der Waals surface area contributed by atoms with E-state index in [4.69, 9.17) is 10.00 Å². The Bertz CT molecular complexity index is 889. The van der Waals surface area contributed by atoms with E-state index in [1.807, 2.05) is 6.07 Å². The van der Waals surface area contributed by atoms with E-state index in [9.17, 15) is 13.8 Å². The number of nitrogens with zero attached hydrogens (tertiary/aromatic N) is 1. The van der Waals surface area contributed by atoms with Gasteiger partial charge in [-0.15, -0.1) is 0 Å². The Hall–Kier alpha value is -2.98. The Balaban J connectivity index is 2.08. The van der Waals surface area contributed by atoms with Crippen LogP contribution in [0.25, 0.3) is 0 Å². The van der Waals surface area contributed by atoms with Crippen LogP contribution in [0.1, 0.15) is 29.8 Å². The van der Waals surface area contributed by atoms with Crippen molar-refractivity contribution >= 4 is 28.4 Å². The first-order valence-corrected chi connectivity index (χ1v) is 9.27. The quantitative estimate of drug-likeness (QED) is 0.789. The highest BCUT2D eigenvalue weighted by Gasteiger charge is 2.22. The minimum absolute atomic E-state index is 0.179. The summed E-state index contributed by atoms with van der Waals surface area (Å²) in [5.74, 6) is -0.867. The number of hydrogen-bond donors (Lipinski definition) is 1. The lowest BCUT2D eigenvalue weighted by Crippen LogP contribution is -2.30. The molecular formula is C19H18N2O4S. The Morgan fingerprint density at radius 3 is 2.65 bits per heavy atom. The standard InChI is InChI=1S/C19H18N2O4S/c1-3-26(24)17-10-5-4-9-16(17)19(23)25-13(2)18(22)21-15-8-6-7-14(11-15)12-20/h4-11,13H,3H2,1-2H3,(H,21,22)/t13-,26+/m0/s1. The number of benzene rings is 2. The van der Waals surface area contributed by atoms with Crippen molar-refractivity contribution in [2.45, 2.75) is 24.8 Å². The van der Waals surface area contributed by atoms with Gasteiger partial charge in [-0.2, -0.15) is 5.26 Å². The highest BCUT2D eigenvalue weighted by Crippen LogP contribution is 2.16. The monoisotopic (exact) mass is 370 g/mol. The molecule has 0 saturated carbocycles.